The zero-order valence-corrected chi connectivity index (χ0v) is 19.4. The van der Waals surface area contributed by atoms with Crippen LogP contribution in [-0.4, -0.2) is 28.7 Å². The third-order valence-corrected chi connectivity index (χ3v) is 6.05. The highest BCUT2D eigenvalue weighted by atomic mass is 19.3. The molecule has 0 unspecified atom stereocenters. The van der Waals surface area contributed by atoms with Crippen LogP contribution < -0.4 is 10.1 Å². The van der Waals surface area contributed by atoms with Crippen LogP contribution in [0, 0.1) is 6.92 Å². The molecule has 1 aliphatic rings. The first-order valence-corrected chi connectivity index (χ1v) is 11.0. The van der Waals surface area contributed by atoms with Gasteiger partial charge in [-0.1, -0.05) is 18.2 Å². The van der Waals surface area contributed by atoms with E-state index in [4.69, 9.17) is 4.74 Å². The molecule has 0 atom stereocenters. The summed E-state index contributed by atoms with van der Waals surface area (Å²) < 4.78 is 36.0. The van der Waals surface area contributed by atoms with E-state index in [0.29, 0.717) is 17.1 Å². The number of alkyl halides is 2. The Bertz CT molecular complexity index is 1510. The minimum Gasteiger partial charge on any atom is -0.497 e. The van der Waals surface area contributed by atoms with Gasteiger partial charge >= 0.3 is 5.92 Å². The van der Waals surface area contributed by atoms with Crippen molar-refractivity contribution in [2.24, 2.45) is 4.99 Å². The zero-order valence-electron chi connectivity index (χ0n) is 19.4. The lowest BCUT2D eigenvalue weighted by molar-refractivity contribution is -0.114. The second-order valence-corrected chi connectivity index (χ2v) is 8.46. The van der Waals surface area contributed by atoms with Gasteiger partial charge in [0.15, 0.2) is 0 Å². The Labute approximate surface area is 200 Å². The summed E-state index contributed by atoms with van der Waals surface area (Å²) in [5.41, 5.74) is 2.67. The van der Waals surface area contributed by atoms with Gasteiger partial charge < -0.3 is 10.1 Å². The van der Waals surface area contributed by atoms with E-state index < -0.39 is 5.92 Å². The smallest absolute Gasteiger partial charge is 0.317 e. The standard InChI is InChI=1S/C27H22F2N4O2/c1-15-8-24(26-27(28,29)23-11-21(35-3)7-6-19(23)12-32-26)30-14-22(15)18-5-4-17-10-25(33-16(2)34)31-13-20(17)9-18/h4-11,13-14H,12H2,1-3H3,(H,31,33,34). The van der Waals surface area contributed by atoms with E-state index in [1.807, 2.05) is 25.1 Å². The highest BCUT2D eigenvalue weighted by Crippen LogP contribution is 2.40. The Morgan fingerprint density at radius 2 is 1.86 bits per heavy atom. The Morgan fingerprint density at radius 1 is 1.03 bits per heavy atom. The molecule has 2 aromatic carbocycles. The second kappa shape index (κ2) is 8.54. The number of hydrogen-bond donors (Lipinski definition) is 1. The number of pyridine rings is 2. The number of ether oxygens (including phenoxy) is 1. The number of aliphatic imine (C=N–C) groups is 1. The van der Waals surface area contributed by atoms with Crippen molar-refractivity contribution in [3.63, 3.8) is 0 Å². The summed E-state index contributed by atoms with van der Waals surface area (Å²) in [7, 11) is 1.45. The molecule has 0 spiro atoms. The van der Waals surface area contributed by atoms with Gasteiger partial charge in [0.05, 0.1) is 19.3 Å². The summed E-state index contributed by atoms with van der Waals surface area (Å²) in [6.07, 6.45) is 3.29. The van der Waals surface area contributed by atoms with Crippen molar-refractivity contribution in [1.82, 2.24) is 9.97 Å². The molecular weight excluding hydrogens is 450 g/mol. The highest BCUT2D eigenvalue weighted by Gasteiger charge is 2.44. The Kier molecular flexibility index (Phi) is 5.51. The number of aromatic nitrogens is 2. The number of anilines is 1. The average molecular weight is 472 g/mol. The van der Waals surface area contributed by atoms with Gasteiger partial charge in [-0.15, -0.1) is 0 Å². The predicted molar refractivity (Wildman–Crippen MR) is 131 cm³/mol. The molecule has 5 rings (SSSR count). The largest absolute Gasteiger partial charge is 0.497 e. The number of fused-ring (bicyclic) bond motifs is 2. The van der Waals surface area contributed by atoms with E-state index in [0.717, 1.165) is 27.5 Å². The number of benzene rings is 2. The maximum atomic E-state index is 15.4. The number of hydrogen-bond acceptors (Lipinski definition) is 5. The first-order valence-electron chi connectivity index (χ1n) is 11.0. The van der Waals surface area contributed by atoms with Gasteiger partial charge in [0.25, 0.3) is 0 Å². The molecule has 0 aliphatic carbocycles. The van der Waals surface area contributed by atoms with Crippen LogP contribution in [0.4, 0.5) is 14.6 Å². The highest BCUT2D eigenvalue weighted by molar-refractivity contribution is 6.06. The fourth-order valence-corrected chi connectivity index (χ4v) is 4.29. The Balaban J connectivity index is 1.48. The predicted octanol–water partition coefficient (Wildman–Crippen LogP) is 5.67. The third-order valence-electron chi connectivity index (χ3n) is 6.05. The van der Waals surface area contributed by atoms with E-state index in [1.54, 1.807) is 36.7 Å². The summed E-state index contributed by atoms with van der Waals surface area (Å²) in [4.78, 5) is 24.1. The maximum absolute atomic E-state index is 15.4. The third kappa shape index (κ3) is 4.12. The van der Waals surface area contributed by atoms with Gasteiger partial charge in [-0.25, -0.2) is 4.98 Å². The van der Waals surface area contributed by atoms with Gasteiger partial charge in [0, 0.05) is 35.8 Å². The molecular formula is C27H22F2N4O2. The van der Waals surface area contributed by atoms with Crippen molar-refractivity contribution in [3.8, 4) is 16.9 Å². The van der Waals surface area contributed by atoms with Crippen LogP contribution in [0.3, 0.4) is 0 Å². The van der Waals surface area contributed by atoms with Gasteiger partial charge in [-0.3, -0.25) is 14.8 Å². The van der Waals surface area contributed by atoms with Crippen molar-refractivity contribution < 1.29 is 18.3 Å². The average Bonchev–Trinajstić information content (AvgIpc) is 2.83. The summed E-state index contributed by atoms with van der Waals surface area (Å²) >= 11 is 0. The van der Waals surface area contributed by atoms with E-state index in [9.17, 15) is 4.79 Å². The van der Waals surface area contributed by atoms with Crippen LogP contribution >= 0.6 is 0 Å². The van der Waals surface area contributed by atoms with Gasteiger partial charge in [-0.05, 0) is 59.3 Å². The summed E-state index contributed by atoms with van der Waals surface area (Å²) in [5.74, 6) is -2.62. The van der Waals surface area contributed by atoms with E-state index in [2.05, 4.69) is 20.3 Å². The van der Waals surface area contributed by atoms with Crippen LogP contribution in [0.5, 0.6) is 5.75 Å². The molecule has 2 aromatic heterocycles. The van der Waals surface area contributed by atoms with Crippen molar-refractivity contribution in [1.29, 1.82) is 0 Å². The van der Waals surface area contributed by atoms with Crippen LogP contribution in [0.25, 0.3) is 21.9 Å². The second-order valence-electron chi connectivity index (χ2n) is 8.46. The number of amides is 1. The number of rotatable bonds is 4. The van der Waals surface area contributed by atoms with Crippen LogP contribution in [0.1, 0.15) is 29.3 Å². The number of aryl methyl sites for hydroxylation is 1. The summed E-state index contributed by atoms with van der Waals surface area (Å²) in [6, 6.07) is 13.9. The van der Waals surface area contributed by atoms with Crippen molar-refractivity contribution in [2.45, 2.75) is 26.3 Å². The molecule has 6 nitrogen and oxygen atoms in total. The van der Waals surface area contributed by atoms with Crippen LogP contribution in [0.15, 0.2) is 65.9 Å². The first-order chi connectivity index (χ1) is 16.8. The van der Waals surface area contributed by atoms with Crippen molar-refractivity contribution in [3.05, 3.63) is 83.3 Å². The normalized spacial score (nSPS) is 14.3. The number of carbonyl (C=O) groups is 1. The van der Waals surface area contributed by atoms with Crippen LogP contribution in [-0.2, 0) is 17.3 Å². The number of nitrogens with one attached hydrogen (secondary N) is 1. The lowest BCUT2D eigenvalue weighted by Gasteiger charge is -2.26. The molecule has 0 saturated carbocycles. The molecule has 1 amide bonds. The molecule has 8 heteroatoms. The topological polar surface area (TPSA) is 76.5 Å². The molecule has 0 bridgehead atoms. The Morgan fingerprint density at radius 3 is 2.60 bits per heavy atom. The van der Waals surface area contributed by atoms with Gasteiger partial charge in [0.1, 0.15) is 17.3 Å². The summed E-state index contributed by atoms with van der Waals surface area (Å²) in [6.45, 7) is 3.45. The van der Waals surface area contributed by atoms with E-state index in [1.165, 1.54) is 20.1 Å². The molecule has 0 fully saturated rings. The maximum Gasteiger partial charge on any atom is 0.317 e. The van der Waals surface area contributed by atoms with Crippen LogP contribution in [0.2, 0.25) is 0 Å². The minimum atomic E-state index is -3.29. The monoisotopic (exact) mass is 472 g/mol. The zero-order chi connectivity index (χ0) is 24.7. The summed E-state index contributed by atoms with van der Waals surface area (Å²) in [5, 5.41) is 4.47. The molecule has 3 heterocycles. The lowest BCUT2D eigenvalue weighted by atomic mass is 9.92. The van der Waals surface area contributed by atoms with Crippen molar-refractivity contribution >= 4 is 28.2 Å². The van der Waals surface area contributed by atoms with Crippen molar-refractivity contribution in [2.75, 3.05) is 12.4 Å². The van der Waals surface area contributed by atoms with E-state index >= 15 is 8.78 Å². The van der Waals surface area contributed by atoms with Gasteiger partial charge in [-0.2, -0.15) is 8.78 Å². The quantitative estimate of drug-likeness (QED) is 0.415. The number of carbonyl (C=O) groups excluding carboxylic acids is 1. The minimum absolute atomic E-state index is 0.106. The molecule has 0 radical (unpaired) electrons. The number of halogens is 2. The fraction of sp³-hybridized carbons (Fsp3) is 0.185. The lowest BCUT2D eigenvalue weighted by Crippen LogP contribution is -2.32. The molecule has 176 valence electrons. The molecule has 35 heavy (non-hydrogen) atoms. The Hall–Kier alpha value is -4.20. The van der Waals surface area contributed by atoms with E-state index in [-0.39, 0.29) is 29.4 Å². The molecule has 4 aromatic rings. The number of nitrogens with zero attached hydrogens (tertiary/aromatic N) is 3. The first kappa shape index (κ1) is 22.6. The van der Waals surface area contributed by atoms with Gasteiger partial charge in [0.2, 0.25) is 5.91 Å². The SMILES string of the molecule is COc1ccc2c(c1)C(F)(F)C(c1cc(C)c(-c3ccc4cc(NC(C)=O)ncc4c3)cn1)=NC2. The molecule has 1 aliphatic heterocycles. The number of methoxy groups -OCH3 is 1. The molecule has 0 saturated heterocycles. The molecule has 1 N–H and O–H groups in total. The fourth-order valence-electron chi connectivity index (χ4n) is 4.29.